The predicted octanol–water partition coefficient (Wildman–Crippen LogP) is 4.10. The van der Waals surface area contributed by atoms with Gasteiger partial charge < -0.3 is 25.2 Å². The summed E-state index contributed by atoms with van der Waals surface area (Å²) in [5.74, 6) is 1.55. The number of hydrogen-bond donors (Lipinski definition) is 3. The summed E-state index contributed by atoms with van der Waals surface area (Å²) in [6.45, 7) is 8.21. The minimum absolute atomic E-state index is 0. The number of hydrogen-bond acceptors (Lipinski definition) is 4. The first kappa shape index (κ1) is 25.8. The van der Waals surface area contributed by atoms with E-state index in [9.17, 15) is 5.11 Å². The summed E-state index contributed by atoms with van der Waals surface area (Å²) < 4.78 is 10.8. The quantitative estimate of drug-likeness (QED) is 0.178. The van der Waals surface area contributed by atoms with Crippen molar-refractivity contribution in [3.8, 4) is 11.5 Å². The lowest BCUT2D eigenvalue weighted by atomic mass is 9.83. The summed E-state index contributed by atoms with van der Waals surface area (Å²) in [6, 6.07) is 5.48. The summed E-state index contributed by atoms with van der Waals surface area (Å²) in [7, 11) is 1.57. The van der Waals surface area contributed by atoms with E-state index in [4.69, 9.17) is 14.5 Å². The van der Waals surface area contributed by atoms with E-state index < -0.39 is 0 Å². The van der Waals surface area contributed by atoms with Gasteiger partial charge in [0.2, 0.25) is 0 Å². The van der Waals surface area contributed by atoms with Crippen LogP contribution in [0.25, 0.3) is 0 Å². The molecule has 3 N–H and O–H groups in total. The molecular weight excluding hydrogens is 481 g/mol. The Hall–Kier alpha value is -1.22. The molecule has 0 amide bonds. The van der Waals surface area contributed by atoms with Gasteiger partial charge in [-0.15, -0.1) is 24.0 Å². The van der Waals surface area contributed by atoms with Crippen LogP contribution in [0.2, 0.25) is 0 Å². The van der Waals surface area contributed by atoms with E-state index in [1.807, 2.05) is 12.1 Å². The number of methoxy groups -OCH3 is 1. The van der Waals surface area contributed by atoms with E-state index in [-0.39, 0.29) is 29.7 Å². The van der Waals surface area contributed by atoms with Gasteiger partial charge in [0.25, 0.3) is 0 Å². The molecule has 29 heavy (non-hydrogen) atoms. The summed E-state index contributed by atoms with van der Waals surface area (Å²) in [5, 5.41) is 16.5. The summed E-state index contributed by atoms with van der Waals surface area (Å²) >= 11 is 0. The van der Waals surface area contributed by atoms with Crippen molar-refractivity contribution in [3.63, 3.8) is 0 Å². The number of halogens is 1. The van der Waals surface area contributed by atoms with Gasteiger partial charge >= 0.3 is 0 Å². The molecule has 1 fully saturated rings. The highest BCUT2D eigenvalue weighted by Crippen LogP contribution is 2.41. The SMILES string of the molecule is CCNC(=NCC1(CCOCC)CCCC1)NCCc1ccc(O)c(OC)c1.I. The third-order valence-corrected chi connectivity index (χ3v) is 5.51. The highest BCUT2D eigenvalue weighted by atomic mass is 127. The summed E-state index contributed by atoms with van der Waals surface area (Å²) in [4.78, 5) is 4.90. The molecule has 7 heteroatoms. The molecule has 2 rings (SSSR count). The number of aromatic hydroxyl groups is 1. The first-order valence-electron chi connectivity index (χ1n) is 10.6. The summed E-state index contributed by atoms with van der Waals surface area (Å²) in [5.41, 5.74) is 1.41. The van der Waals surface area contributed by atoms with Gasteiger partial charge in [0.15, 0.2) is 17.5 Å². The lowest BCUT2D eigenvalue weighted by Gasteiger charge is -2.27. The number of guanidine groups is 1. The van der Waals surface area contributed by atoms with Gasteiger partial charge in [0, 0.05) is 32.8 Å². The summed E-state index contributed by atoms with van der Waals surface area (Å²) in [6.07, 6.45) is 7.02. The molecule has 6 nitrogen and oxygen atoms in total. The molecule has 0 aliphatic heterocycles. The number of nitrogens with zero attached hydrogens (tertiary/aromatic N) is 1. The number of aliphatic imine (C=N–C) groups is 1. The van der Waals surface area contributed by atoms with E-state index >= 15 is 0 Å². The molecule has 0 atom stereocenters. The third kappa shape index (κ3) is 8.58. The Morgan fingerprint density at radius 1 is 1.21 bits per heavy atom. The molecule has 0 aromatic heterocycles. The highest BCUT2D eigenvalue weighted by Gasteiger charge is 2.33. The Balaban J connectivity index is 0.00000420. The second kappa shape index (κ2) is 13.9. The van der Waals surface area contributed by atoms with Crippen LogP contribution in [0.4, 0.5) is 0 Å². The number of nitrogens with one attached hydrogen (secondary N) is 2. The average molecular weight is 519 g/mol. The van der Waals surface area contributed by atoms with Crippen molar-refractivity contribution >= 4 is 29.9 Å². The zero-order chi connectivity index (χ0) is 20.2. The molecule has 0 unspecified atom stereocenters. The second-order valence-corrected chi connectivity index (χ2v) is 7.53. The normalized spacial score (nSPS) is 15.6. The van der Waals surface area contributed by atoms with Crippen LogP contribution < -0.4 is 15.4 Å². The van der Waals surface area contributed by atoms with Crippen molar-refractivity contribution in [1.29, 1.82) is 0 Å². The maximum absolute atomic E-state index is 9.72. The zero-order valence-electron chi connectivity index (χ0n) is 18.1. The number of phenolic OH excluding ortho intramolecular Hbond substituents is 1. The van der Waals surface area contributed by atoms with Crippen LogP contribution in [0, 0.1) is 5.41 Å². The number of phenols is 1. The maximum atomic E-state index is 9.72. The molecule has 1 aliphatic carbocycles. The highest BCUT2D eigenvalue weighted by molar-refractivity contribution is 14.0. The molecule has 0 saturated heterocycles. The smallest absolute Gasteiger partial charge is 0.191 e. The van der Waals surface area contributed by atoms with Gasteiger partial charge in [-0.05, 0) is 62.6 Å². The molecule has 0 radical (unpaired) electrons. The molecule has 1 saturated carbocycles. The van der Waals surface area contributed by atoms with Crippen molar-refractivity contribution in [1.82, 2.24) is 10.6 Å². The maximum Gasteiger partial charge on any atom is 0.191 e. The second-order valence-electron chi connectivity index (χ2n) is 7.53. The van der Waals surface area contributed by atoms with Gasteiger partial charge in [0.1, 0.15) is 0 Å². The lowest BCUT2D eigenvalue weighted by molar-refractivity contribution is 0.107. The Morgan fingerprint density at radius 2 is 1.97 bits per heavy atom. The minimum atomic E-state index is 0. The van der Waals surface area contributed by atoms with Crippen molar-refractivity contribution in [3.05, 3.63) is 23.8 Å². The standard InChI is InChI=1S/C22H37N3O3.HI/c1-4-23-21(24-14-10-18-8-9-19(26)20(16-18)27-3)25-17-22(11-6-7-12-22)13-15-28-5-2;/h8-9,16,26H,4-7,10-15,17H2,1-3H3,(H2,23,24,25);1H. The van der Waals surface area contributed by atoms with Gasteiger partial charge in [-0.2, -0.15) is 0 Å². The minimum Gasteiger partial charge on any atom is -0.504 e. The largest absolute Gasteiger partial charge is 0.504 e. The van der Waals surface area contributed by atoms with Crippen LogP contribution in [0.5, 0.6) is 11.5 Å². The van der Waals surface area contributed by atoms with E-state index in [1.165, 1.54) is 25.7 Å². The van der Waals surface area contributed by atoms with Crippen LogP contribution in [0.15, 0.2) is 23.2 Å². The van der Waals surface area contributed by atoms with E-state index in [0.717, 1.165) is 57.2 Å². The fourth-order valence-electron chi connectivity index (χ4n) is 3.84. The Bertz CT molecular complexity index is 619. The Labute approximate surface area is 192 Å². The third-order valence-electron chi connectivity index (χ3n) is 5.51. The molecule has 0 bridgehead atoms. The van der Waals surface area contributed by atoms with Crippen molar-refractivity contribution < 1.29 is 14.6 Å². The molecule has 1 aromatic carbocycles. The Kier molecular flexibility index (Phi) is 12.4. The van der Waals surface area contributed by atoms with Gasteiger partial charge in [-0.25, -0.2) is 0 Å². The molecule has 1 aromatic rings. The fraction of sp³-hybridized carbons (Fsp3) is 0.682. The first-order chi connectivity index (χ1) is 13.6. The van der Waals surface area contributed by atoms with Gasteiger partial charge in [0.05, 0.1) is 7.11 Å². The topological polar surface area (TPSA) is 75.1 Å². The van der Waals surface area contributed by atoms with Crippen LogP contribution in [0.3, 0.4) is 0 Å². The predicted molar refractivity (Wildman–Crippen MR) is 130 cm³/mol. The van der Waals surface area contributed by atoms with Crippen molar-refractivity contribution in [2.45, 2.75) is 52.4 Å². The zero-order valence-corrected chi connectivity index (χ0v) is 20.5. The molecule has 1 aliphatic rings. The first-order valence-corrected chi connectivity index (χ1v) is 10.6. The van der Waals surface area contributed by atoms with E-state index in [1.54, 1.807) is 13.2 Å². The molecule has 0 spiro atoms. The Morgan fingerprint density at radius 3 is 2.62 bits per heavy atom. The van der Waals surface area contributed by atoms with Crippen LogP contribution in [0.1, 0.15) is 51.5 Å². The molecule has 166 valence electrons. The fourth-order valence-corrected chi connectivity index (χ4v) is 3.84. The van der Waals surface area contributed by atoms with E-state index in [2.05, 4.69) is 24.5 Å². The van der Waals surface area contributed by atoms with Gasteiger partial charge in [-0.1, -0.05) is 18.9 Å². The van der Waals surface area contributed by atoms with Crippen LogP contribution in [-0.4, -0.2) is 51.0 Å². The monoisotopic (exact) mass is 519 g/mol. The average Bonchev–Trinajstić information content (AvgIpc) is 3.16. The molecular formula is C22H38IN3O3. The number of rotatable bonds is 11. The van der Waals surface area contributed by atoms with Crippen LogP contribution >= 0.6 is 24.0 Å². The number of benzene rings is 1. The van der Waals surface area contributed by atoms with Crippen molar-refractivity contribution in [2.24, 2.45) is 10.4 Å². The van der Waals surface area contributed by atoms with E-state index in [0.29, 0.717) is 11.2 Å². The molecule has 0 heterocycles. The van der Waals surface area contributed by atoms with Crippen molar-refractivity contribution in [2.75, 3.05) is 40.0 Å². The van der Waals surface area contributed by atoms with Crippen LogP contribution in [-0.2, 0) is 11.2 Å². The van der Waals surface area contributed by atoms with Gasteiger partial charge in [-0.3, -0.25) is 4.99 Å². The lowest BCUT2D eigenvalue weighted by Crippen LogP contribution is -2.39. The number of ether oxygens (including phenoxy) is 2.